The maximum absolute atomic E-state index is 5.41. The smallest absolute Gasteiger partial charge is 0.114 e. The predicted molar refractivity (Wildman–Crippen MR) is 185 cm³/mol. The Labute approximate surface area is 261 Å². The second kappa shape index (κ2) is 9.72. The van der Waals surface area contributed by atoms with E-state index in [1.54, 1.807) is 0 Å². The summed E-state index contributed by atoms with van der Waals surface area (Å²) in [7, 11) is 0. The van der Waals surface area contributed by atoms with Crippen molar-refractivity contribution in [2.24, 2.45) is 25.9 Å². The van der Waals surface area contributed by atoms with Gasteiger partial charge in [-0.1, -0.05) is 6.92 Å². The van der Waals surface area contributed by atoms with Crippen molar-refractivity contribution >= 4 is 28.9 Å². The molecule has 6 heteroatoms. The molecule has 4 atom stereocenters. The predicted octanol–water partition coefficient (Wildman–Crippen LogP) is 8.33. The molecule has 0 spiro atoms. The van der Waals surface area contributed by atoms with Crippen LogP contribution in [0, 0.1) is 19.8 Å². The van der Waals surface area contributed by atoms with E-state index in [0.717, 1.165) is 45.6 Å². The molecular formula is C38H44N6. The van der Waals surface area contributed by atoms with E-state index < -0.39 is 0 Å². The molecule has 7 heterocycles. The van der Waals surface area contributed by atoms with Crippen LogP contribution in [0.1, 0.15) is 97.8 Å². The molecule has 6 aliphatic rings. The summed E-state index contributed by atoms with van der Waals surface area (Å²) < 4.78 is 0. The number of allylic oxidation sites excluding steroid dienone is 6. The zero-order valence-electron chi connectivity index (χ0n) is 28.3. The number of nitrogens with zero attached hydrogens (tertiary/aromatic N) is 4. The van der Waals surface area contributed by atoms with Crippen LogP contribution in [0.4, 0.5) is 0 Å². The van der Waals surface area contributed by atoms with Gasteiger partial charge in [0.15, 0.2) is 0 Å². The topological polar surface area (TPSA) is 77.3 Å². The Morgan fingerprint density at radius 3 is 2.05 bits per heavy atom. The molecule has 0 aromatic carbocycles. The largest absolute Gasteiger partial charge is 0.373 e. The molecular weight excluding hydrogens is 540 g/mol. The number of hydrogen-bond acceptors (Lipinski definition) is 5. The van der Waals surface area contributed by atoms with E-state index in [-0.39, 0.29) is 24.0 Å². The first kappa shape index (κ1) is 28.7. The molecule has 226 valence electrons. The fraction of sp³-hybridized carbons (Fsp3) is 0.421. The molecule has 6 aliphatic heterocycles. The molecule has 0 aliphatic carbocycles. The first-order valence-corrected chi connectivity index (χ1v) is 15.9. The van der Waals surface area contributed by atoms with Crippen molar-refractivity contribution in [1.82, 2.24) is 10.3 Å². The van der Waals surface area contributed by atoms with Gasteiger partial charge in [0.25, 0.3) is 0 Å². The van der Waals surface area contributed by atoms with E-state index in [4.69, 9.17) is 20.0 Å². The number of aromatic amines is 1. The molecule has 12 bridgehead atoms. The van der Waals surface area contributed by atoms with E-state index in [0.29, 0.717) is 0 Å². The van der Waals surface area contributed by atoms with Gasteiger partial charge in [-0.25, -0.2) is 4.99 Å². The molecule has 7 rings (SSSR count). The minimum absolute atomic E-state index is 0.0284. The normalized spacial score (nSPS) is 30.5. The third kappa shape index (κ3) is 3.85. The van der Waals surface area contributed by atoms with Crippen LogP contribution < -0.4 is 5.32 Å². The van der Waals surface area contributed by atoms with Crippen LogP contribution in [0.3, 0.4) is 0 Å². The van der Waals surface area contributed by atoms with Gasteiger partial charge in [0.2, 0.25) is 0 Å². The van der Waals surface area contributed by atoms with E-state index in [9.17, 15) is 0 Å². The van der Waals surface area contributed by atoms with Gasteiger partial charge in [0.05, 0.1) is 40.3 Å². The maximum atomic E-state index is 5.41. The highest BCUT2D eigenvalue weighted by atomic mass is 15.0. The molecule has 0 fully saturated rings. The van der Waals surface area contributed by atoms with E-state index in [1.807, 2.05) is 0 Å². The Bertz CT molecular complexity index is 1950. The van der Waals surface area contributed by atoms with Gasteiger partial charge in [-0.3, -0.25) is 15.0 Å². The maximum Gasteiger partial charge on any atom is 0.114 e. The number of rotatable bonds is 0. The van der Waals surface area contributed by atoms with Crippen LogP contribution in [0.25, 0.3) is 6.08 Å². The zero-order valence-corrected chi connectivity index (χ0v) is 28.3. The summed E-state index contributed by atoms with van der Waals surface area (Å²) in [5, 5.41) is 3.85. The standard InChI is InChI=1S/C38H44N6/c1-15-19(5)31-35-23(9)24(10)36(43-35)33-21(7)17(3)29(41-33)14-30-18(4)22(8)34(42-30)38-26(12)25(11)37(44-38)32-20(6)16(2)28(40-32)13-27(15)39-31/h13-14,23,33-34,37,40,42H,1-12H3/b27-13-,30-14-. The molecule has 44 heavy (non-hydrogen) atoms. The lowest BCUT2D eigenvalue weighted by Gasteiger charge is -2.16. The Morgan fingerprint density at radius 2 is 1.32 bits per heavy atom. The average molecular weight is 585 g/mol. The van der Waals surface area contributed by atoms with Gasteiger partial charge >= 0.3 is 0 Å². The SMILES string of the molecule is CC1=C(C)/C2=C/c3[nH]c(c(C)c3C)C3N=C(C(C)=C3C)C3N/C(=C\C4=NC(C(C)=C4C)C4=C(C)C(C)C(=N4)C1=N2)C(C)=C3C. The van der Waals surface area contributed by atoms with E-state index in [2.05, 4.69) is 106 Å². The van der Waals surface area contributed by atoms with Crippen molar-refractivity contribution in [2.45, 2.75) is 101 Å². The van der Waals surface area contributed by atoms with Crippen molar-refractivity contribution < 1.29 is 0 Å². The van der Waals surface area contributed by atoms with Crippen molar-refractivity contribution in [3.05, 3.63) is 95.8 Å². The quantitative estimate of drug-likeness (QED) is 0.296. The lowest BCUT2D eigenvalue weighted by Crippen LogP contribution is -2.32. The van der Waals surface area contributed by atoms with Gasteiger partial charge in [-0.2, -0.15) is 0 Å². The van der Waals surface area contributed by atoms with Crippen molar-refractivity contribution in [2.75, 3.05) is 0 Å². The number of aromatic nitrogens is 1. The molecule has 2 N–H and O–H groups in total. The molecule has 0 amide bonds. The fourth-order valence-electron chi connectivity index (χ4n) is 7.44. The Kier molecular flexibility index (Phi) is 6.34. The summed E-state index contributed by atoms with van der Waals surface area (Å²) in [5.41, 5.74) is 23.5. The average Bonchev–Trinajstić information content (AvgIpc) is 3.77. The van der Waals surface area contributed by atoms with Gasteiger partial charge in [0, 0.05) is 23.0 Å². The summed E-state index contributed by atoms with van der Waals surface area (Å²) in [6.45, 7) is 26.6. The summed E-state index contributed by atoms with van der Waals surface area (Å²) in [5.74, 6) is 0.184. The van der Waals surface area contributed by atoms with Crippen LogP contribution >= 0.6 is 0 Å². The first-order chi connectivity index (χ1) is 20.8. The molecule has 0 radical (unpaired) electrons. The number of aliphatic imine (C=N–C) groups is 4. The molecule has 1 aromatic heterocycles. The van der Waals surface area contributed by atoms with Crippen LogP contribution in [0.5, 0.6) is 0 Å². The number of hydrogen-bond donors (Lipinski definition) is 2. The summed E-state index contributed by atoms with van der Waals surface area (Å²) in [4.78, 5) is 25.1. The summed E-state index contributed by atoms with van der Waals surface area (Å²) in [6.07, 6.45) is 4.46. The summed E-state index contributed by atoms with van der Waals surface area (Å²) >= 11 is 0. The van der Waals surface area contributed by atoms with E-state index >= 15 is 0 Å². The Hall–Kier alpha value is -4.06. The second-order valence-electron chi connectivity index (χ2n) is 13.6. The highest BCUT2D eigenvalue weighted by Crippen LogP contribution is 2.42. The number of nitrogens with one attached hydrogen (secondary N) is 2. The molecule has 0 saturated heterocycles. The Morgan fingerprint density at radius 1 is 0.614 bits per heavy atom. The minimum atomic E-state index is -0.0758. The zero-order chi connectivity index (χ0) is 31.5. The number of fused-ring (bicyclic) bond motifs is 12. The molecule has 0 saturated carbocycles. The first-order valence-electron chi connectivity index (χ1n) is 15.9. The number of H-pyrrole nitrogens is 1. The highest BCUT2D eigenvalue weighted by molar-refractivity contribution is 6.51. The van der Waals surface area contributed by atoms with E-state index in [1.165, 1.54) is 67.0 Å². The molecule has 4 unspecified atom stereocenters. The van der Waals surface area contributed by atoms with Gasteiger partial charge in [0.1, 0.15) is 12.1 Å². The fourth-order valence-corrected chi connectivity index (χ4v) is 7.44. The lowest BCUT2D eigenvalue weighted by atomic mass is 9.91. The summed E-state index contributed by atoms with van der Waals surface area (Å²) in [6, 6.07) is -0.0600. The van der Waals surface area contributed by atoms with Crippen LogP contribution in [0.15, 0.2) is 93.3 Å². The Balaban J connectivity index is 1.46. The third-order valence-corrected chi connectivity index (χ3v) is 11.5. The van der Waals surface area contributed by atoms with Crippen LogP contribution in [-0.4, -0.2) is 39.9 Å². The van der Waals surface area contributed by atoms with Crippen LogP contribution in [-0.2, 0) is 0 Å². The second-order valence-corrected chi connectivity index (χ2v) is 13.6. The monoisotopic (exact) mass is 584 g/mol. The van der Waals surface area contributed by atoms with Crippen LogP contribution in [0.2, 0.25) is 0 Å². The van der Waals surface area contributed by atoms with Crippen molar-refractivity contribution in [3.8, 4) is 0 Å². The molecule has 1 aromatic rings. The molecule has 6 nitrogen and oxygen atoms in total. The van der Waals surface area contributed by atoms with Gasteiger partial charge < -0.3 is 10.3 Å². The third-order valence-electron chi connectivity index (χ3n) is 11.5. The van der Waals surface area contributed by atoms with Gasteiger partial charge in [-0.05, 0) is 150 Å². The van der Waals surface area contributed by atoms with Crippen molar-refractivity contribution in [3.63, 3.8) is 0 Å². The minimum Gasteiger partial charge on any atom is -0.373 e. The highest BCUT2D eigenvalue weighted by Gasteiger charge is 2.38. The lowest BCUT2D eigenvalue weighted by molar-refractivity contribution is 0.806. The van der Waals surface area contributed by atoms with Crippen molar-refractivity contribution in [1.29, 1.82) is 0 Å². The van der Waals surface area contributed by atoms with Gasteiger partial charge in [-0.15, -0.1) is 0 Å².